The second kappa shape index (κ2) is 7.67. The molecule has 3 atom stereocenters. The number of hydrogen-bond acceptors (Lipinski definition) is 6. The zero-order valence-electron chi connectivity index (χ0n) is 16.5. The Labute approximate surface area is 169 Å². The first-order valence-corrected chi connectivity index (χ1v) is 9.27. The molecule has 1 aliphatic heterocycles. The first kappa shape index (κ1) is 20.5. The molecule has 3 rings (SSSR count). The molecule has 0 radical (unpaired) electrons. The number of carboxylic acid groups (broad SMARTS) is 1. The van der Waals surface area contributed by atoms with Crippen LogP contribution < -0.4 is 5.11 Å². The van der Waals surface area contributed by atoms with E-state index in [1.807, 2.05) is 0 Å². The van der Waals surface area contributed by atoms with Gasteiger partial charge in [-0.25, -0.2) is 4.79 Å². The molecule has 7 nitrogen and oxygen atoms in total. The maximum atomic E-state index is 13.2. The molecule has 1 saturated heterocycles. The summed E-state index contributed by atoms with van der Waals surface area (Å²) in [6, 6.07) is 16.3. The Bertz CT molecular complexity index is 906. The number of esters is 1. The zero-order valence-corrected chi connectivity index (χ0v) is 16.5. The van der Waals surface area contributed by atoms with Crippen molar-refractivity contribution in [3.05, 3.63) is 71.8 Å². The van der Waals surface area contributed by atoms with Gasteiger partial charge < -0.3 is 19.4 Å². The van der Waals surface area contributed by atoms with Crippen LogP contribution in [0.5, 0.6) is 0 Å². The van der Waals surface area contributed by atoms with Crippen molar-refractivity contribution < 1.29 is 33.4 Å². The molecule has 0 bridgehead atoms. The van der Waals surface area contributed by atoms with E-state index in [4.69, 9.17) is 9.47 Å². The Balaban J connectivity index is 2.23. The third-order valence-electron chi connectivity index (χ3n) is 4.71. The van der Waals surface area contributed by atoms with Crippen LogP contribution in [0.15, 0.2) is 60.7 Å². The highest BCUT2D eigenvalue weighted by molar-refractivity contribution is 5.82. The highest BCUT2D eigenvalue weighted by Gasteiger charge is 2.59. The maximum Gasteiger partial charge on any atom is 0.523 e. The topological polar surface area (TPSA) is 92.7 Å². The van der Waals surface area contributed by atoms with Gasteiger partial charge in [-0.15, -0.1) is 0 Å². The lowest BCUT2D eigenvalue weighted by Crippen LogP contribution is -2.69. The average molecular weight is 397 g/mol. The van der Waals surface area contributed by atoms with E-state index in [0.717, 1.165) is 0 Å². The summed E-state index contributed by atoms with van der Waals surface area (Å²) in [4.78, 5) is 38.1. The lowest BCUT2D eigenvalue weighted by atomic mass is 9.91. The van der Waals surface area contributed by atoms with E-state index in [1.165, 1.54) is 0 Å². The molecule has 0 aromatic heterocycles. The molecule has 2 aromatic rings. The molecule has 1 aliphatic rings. The molecule has 7 heteroatoms. The Morgan fingerprint density at radius 3 is 2.00 bits per heavy atom. The number of morpholine rings is 1. The summed E-state index contributed by atoms with van der Waals surface area (Å²) >= 11 is 0. The van der Waals surface area contributed by atoms with E-state index in [-0.39, 0.29) is 0 Å². The van der Waals surface area contributed by atoms with Crippen molar-refractivity contribution in [1.82, 2.24) is 0 Å². The van der Waals surface area contributed by atoms with Gasteiger partial charge in [-0.05, 0) is 26.3 Å². The minimum atomic E-state index is -1.72. The number of ether oxygens (including phenoxy) is 2. The summed E-state index contributed by atoms with van der Waals surface area (Å²) in [5, 5.41) is 12.5. The van der Waals surface area contributed by atoms with Crippen molar-refractivity contribution in [2.75, 3.05) is 6.54 Å². The van der Waals surface area contributed by atoms with Crippen molar-refractivity contribution in [3.8, 4) is 0 Å². The lowest BCUT2D eigenvalue weighted by molar-refractivity contribution is -0.844. The van der Waals surface area contributed by atoms with Crippen LogP contribution >= 0.6 is 0 Å². The fourth-order valence-corrected chi connectivity index (χ4v) is 3.52. The van der Waals surface area contributed by atoms with Crippen LogP contribution in [-0.2, 0) is 14.3 Å². The third-order valence-corrected chi connectivity index (χ3v) is 4.71. The third kappa shape index (κ3) is 4.00. The summed E-state index contributed by atoms with van der Waals surface area (Å²) in [6.07, 6.45) is -3.79. The predicted molar refractivity (Wildman–Crippen MR) is 101 cm³/mol. The second-order valence-corrected chi connectivity index (χ2v) is 7.95. The van der Waals surface area contributed by atoms with E-state index >= 15 is 0 Å². The van der Waals surface area contributed by atoms with Crippen molar-refractivity contribution in [3.63, 3.8) is 0 Å². The van der Waals surface area contributed by atoms with Crippen LogP contribution in [0.1, 0.15) is 44.0 Å². The van der Waals surface area contributed by atoms with E-state index in [9.17, 15) is 19.5 Å². The van der Waals surface area contributed by atoms with Gasteiger partial charge in [-0.3, -0.25) is 0 Å². The molecule has 1 heterocycles. The standard InChI is InChI=1S/C22H23NO6/c1-22(2,3)29-21(27)23(20(25)26)14-17(24)28-19(16-12-8-5-9-13-16)18(23)15-10-6-4-7-11-15/h4-13,18-19H,14H2,1-3H3/t18-,19+,23?/m1/s1. The van der Waals surface area contributed by atoms with Crippen molar-refractivity contribution in [1.29, 1.82) is 0 Å². The number of benzene rings is 2. The lowest BCUT2D eigenvalue weighted by Gasteiger charge is -2.46. The van der Waals surface area contributed by atoms with E-state index in [0.29, 0.717) is 11.1 Å². The molecule has 0 N–H and O–H groups in total. The number of imide groups is 1. The molecule has 0 aliphatic carbocycles. The van der Waals surface area contributed by atoms with Gasteiger partial charge >= 0.3 is 12.1 Å². The van der Waals surface area contributed by atoms with Crippen LogP contribution in [-0.4, -0.2) is 34.8 Å². The van der Waals surface area contributed by atoms with Crippen LogP contribution in [0.2, 0.25) is 0 Å². The Hall–Kier alpha value is -3.19. The Morgan fingerprint density at radius 1 is 1.00 bits per heavy atom. The molecule has 152 valence electrons. The molecule has 1 fully saturated rings. The second-order valence-electron chi connectivity index (χ2n) is 7.95. The predicted octanol–water partition coefficient (Wildman–Crippen LogP) is 3.12. The van der Waals surface area contributed by atoms with E-state index < -0.39 is 46.9 Å². The molecule has 2 amide bonds. The van der Waals surface area contributed by atoms with Crippen LogP contribution in [0.4, 0.5) is 9.59 Å². The average Bonchev–Trinajstić information content (AvgIpc) is 2.67. The summed E-state index contributed by atoms with van der Waals surface area (Å²) in [5.41, 5.74) is 0.133. The van der Waals surface area contributed by atoms with Gasteiger partial charge in [0.05, 0.1) is 0 Å². The van der Waals surface area contributed by atoms with Gasteiger partial charge in [0.1, 0.15) is 5.60 Å². The SMILES string of the molecule is CC(C)(C)OC(=O)[N+]1(C(=O)[O-])CC(=O)O[C@@H](c2ccccc2)[C@H]1c1ccccc1. The van der Waals surface area contributed by atoms with Gasteiger partial charge in [-0.1, -0.05) is 60.7 Å². The number of quaternary nitrogens is 1. The number of carbonyl (C=O) groups excluding carboxylic acids is 3. The van der Waals surface area contributed by atoms with E-state index in [2.05, 4.69) is 0 Å². The number of nitrogens with zero attached hydrogens (tertiary/aromatic N) is 1. The minimum absolute atomic E-state index is 0.518. The quantitative estimate of drug-likeness (QED) is 0.571. The highest BCUT2D eigenvalue weighted by atomic mass is 16.6. The monoisotopic (exact) mass is 397 g/mol. The van der Waals surface area contributed by atoms with Gasteiger partial charge in [0.2, 0.25) is 0 Å². The summed E-state index contributed by atoms with van der Waals surface area (Å²) < 4.78 is 9.67. The van der Waals surface area contributed by atoms with Crippen LogP contribution in [0.25, 0.3) is 0 Å². The molecule has 0 spiro atoms. The van der Waals surface area contributed by atoms with Crippen molar-refractivity contribution in [2.45, 2.75) is 38.5 Å². The minimum Gasteiger partial charge on any atom is -0.498 e. The highest BCUT2D eigenvalue weighted by Crippen LogP contribution is 2.45. The fourth-order valence-electron chi connectivity index (χ4n) is 3.52. The largest absolute Gasteiger partial charge is 0.523 e. The van der Waals surface area contributed by atoms with E-state index in [1.54, 1.807) is 81.4 Å². The van der Waals surface area contributed by atoms with Crippen LogP contribution in [0.3, 0.4) is 0 Å². The zero-order chi connectivity index (χ0) is 21.2. The van der Waals surface area contributed by atoms with Gasteiger partial charge in [0.25, 0.3) is 6.09 Å². The summed E-state index contributed by atoms with van der Waals surface area (Å²) in [5.74, 6) is -0.818. The number of cyclic esters (lactones) is 1. The number of carbonyl (C=O) groups is 3. The van der Waals surface area contributed by atoms with Gasteiger partial charge in [0, 0.05) is 5.56 Å². The molecule has 1 unspecified atom stereocenters. The number of rotatable bonds is 2. The first-order chi connectivity index (χ1) is 13.6. The smallest absolute Gasteiger partial charge is 0.498 e. The number of amides is 2. The van der Waals surface area contributed by atoms with Crippen molar-refractivity contribution >= 4 is 18.2 Å². The molecule has 29 heavy (non-hydrogen) atoms. The molecule has 2 aromatic carbocycles. The van der Waals surface area contributed by atoms with Crippen LogP contribution in [0, 0.1) is 0 Å². The number of hydrogen-bond donors (Lipinski definition) is 0. The van der Waals surface area contributed by atoms with Crippen molar-refractivity contribution in [2.24, 2.45) is 0 Å². The van der Waals surface area contributed by atoms with Gasteiger partial charge in [-0.2, -0.15) is 9.28 Å². The molecular formula is C22H23NO6. The Kier molecular flexibility index (Phi) is 5.44. The summed E-state index contributed by atoms with van der Waals surface area (Å²) in [6.45, 7) is 4.17. The summed E-state index contributed by atoms with van der Waals surface area (Å²) in [7, 11) is 0. The normalized spacial score (nSPS) is 24.4. The van der Waals surface area contributed by atoms with Gasteiger partial charge in [0.15, 0.2) is 18.7 Å². The Morgan fingerprint density at radius 2 is 1.52 bits per heavy atom. The molecule has 0 saturated carbocycles. The fraction of sp³-hybridized carbons (Fsp3) is 0.318. The molecular weight excluding hydrogens is 374 g/mol. The first-order valence-electron chi connectivity index (χ1n) is 9.27. The maximum absolute atomic E-state index is 13.2.